The zero-order valence-electron chi connectivity index (χ0n) is 13.7. The Bertz CT molecular complexity index is 779. The van der Waals surface area contributed by atoms with E-state index >= 15 is 0 Å². The van der Waals surface area contributed by atoms with E-state index in [1.54, 1.807) is 91.0 Å². The normalized spacial score (nSPS) is 12.8. The minimum Gasteiger partial charge on any atom is -0.867 e. The Labute approximate surface area is 150 Å². The zero-order chi connectivity index (χ0) is 18.6. The zero-order valence-corrected chi connectivity index (χ0v) is 14.6. The summed E-state index contributed by atoms with van der Waals surface area (Å²) in [7, 11) is -2.90. The molecule has 0 aliphatic rings. The van der Waals surface area contributed by atoms with Gasteiger partial charge in [0.15, 0.2) is 0 Å². The summed E-state index contributed by atoms with van der Waals surface area (Å²) in [6, 6.07) is 26.8. The van der Waals surface area contributed by atoms with Crippen molar-refractivity contribution in [3.05, 3.63) is 103 Å². The van der Waals surface area contributed by atoms with E-state index in [0.717, 1.165) is 5.82 Å². The van der Waals surface area contributed by atoms with E-state index in [9.17, 15) is 18.3 Å². The van der Waals surface area contributed by atoms with Crippen molar-refractivity contribution in [1.82, 2.24) is 0 Å². The van der Waals surface area contributed by atoms with Crippen molar-refractivity contribution < 1.29 is 18.3 Å². The lowest BCUT2D eigenvalue weighted by Gasteiger charge is -2.27. The molecule has 26 heavy (non-hydrogen) atoms. The van der Waals surface area contributed by atoms with E-state index in [-0.39, 0.29) is 0 Å². The van der Waals surface area contributed by atoms with Gasteiger partial charge in [0.2, 0.25) is 0 Å². The quantitative estimate of drug-likeness (QED) is 0.505. The van der Waals surface area contributed by atoms with Crippen molar-refractivity contribution in [2.45, 2.75) is 6.18 Å². The molecule has 0 saturated heterocycles. The minimum absolute atomic E-state index is 0.704. The first-order chi connectivity index (χ1) is 12.4. The highest BCUT2D eigenvalue weighted by Crippen LogP contribution is 2.58. The molecule has 132 valence electrons. The van der Waals surface area contributed by atoms with Crippen molar-refractivity contribution in [3.63, 3.8) is 0 Å². The summed E-state index contributed by atoms with van der Waals surface area (Å²) in [6.07, 6.45) is -4.91. The van der Waals surface area contributed by atoms with Crippen molar-refractivity contribution >= 4 is 23.2 Å². The van der Waals surface area contributed by atoms with Crippen molar-refractivity contribution in [2.24, 2.45) is 0 Å². The van der Waals surface area contributed by atoms with Crippen LogP contribution in [0.4, 0.5) is 13.2 Å². The van der Waals surface area contributed by atoms with Gasteiger partial charge in [0.25, 0.3) is 0 Å². The lowest BCUT2D eigenvalue weighted by Crippen LogP contribution is -2.32. The highest BCUT2D eigenvalue weighted by molar-refractivity contribution is 7.98. The fourth-order valence-electron chi connectivity index (χ4n) is 2.91. The van der Waals surface area contributed by atoms with Gasteiger partial charge in [-0.15, -0.1) is 0 Å². The summed E-state index contributed by atoms with van der Waals surface area (Å²) in [5.41, 5.74) is 0. The SMILES string of the molecule is [O-]/C(=C\[P+](c1ccccc1)(c1ccccc1)c1ccccc1)C(F)(F)F. The third kappa shape index (κ3) is 3.51. The van der Waals surface area contributed by atoms with Gasteiger partial charge in [-0.3, -0.25) is 0 Å². The molecule has 3 rings (SSSR count). The van der Waals surface area contributed by atoms with Crippen molar-refractivity contribution in [2.75, 3.05) is 0 Å². The van der Waals surface area contributed by atoms with Gasteiger partial charge in [-0.25, -0.2) is 0 Å². The van der Waals surface area contributed by atoms with Crippen LogP contribution in [-0.4, -0.2) is 6.18 Å². The molecule has 0 amide bonds. The molecule has 0 saturated carbocycles. The maximum Gasteiger partial charge on any atom is 0.405 e. The molecular weight excluding hydrogens is 356 g/mol. The van der Waals surface area contributed by atoms with E-state index in [2.05, 4.69) is 0 Å². The van der Waals surface area contributed by atoms with Crippen LogP contribution >= 0.6 is 7.26 Å². The van der Waals surface area contributed by atoms with Crippen LogP contribution in [0.5, 0.6) is 0 Å². The molecule has 3 aromatic carbocycles. The first-order valence-corrected chi connectivity index (χ1v) is 9.83. The Morgan fingerprint density at radius 3 is 1.23 bits per heavy atom. The second-order valence-electron chi connectivity index (χ2n) is 5.72. The summed E-state index contributed by atoms with van der Waals surface area (Å²) in [5.74, 6) is -0.921. The number of allylic oxidation sites excluding steroid dienone is 1. The number of rotatable bonds is 4. The van der Waals surface area contributed by atoms with Crippen LogP contribution in [0.15, 0.2) is 103 Å². The molecule has 0 bridgehead atoms. The Hall–Kier alpha value is -2.58. The summed E-state index contributed by atoms with van der Waals surface area (Å²) in [5, 5.41) is 14.2. The predicted molar refractivity (Wildman–Crippen MR) is 99.3 cm³/mol. The van der Waals surface area contributed by atoms with Gasteiger partial charge >= 0.3 is 6.18 Å². The van der Waals surface area contributed by atoms with Crippen LogP contribution < -0.4 is 21.0 Å². The Morgan fingerprint density at radius 2 is 0.962 bits per heavy atom. The molecule has 3 aromatic rings. The topological polar surface area (TPSA) is 23.1 Å². The second-order valence-corrected chi connectivity index (χ2v) is 8.97. The first-order valence-electron chi connectivity index (χ1n) is 7.97. The van der Waals surface area contributed by atoms with Gasteiger partial charge in [-0.05, 0) is 36.4 Å². The number of halogens is 3. The third-order valence-corrected chi connectivity index (χ3v) is 8.04. The van der Waals surface area contributed by atoms with Gasteiger partial charge in [-0.1, -0.05) is 54.6 Å². The standard InChI is InChI=1S/C21H16F3OP/c22-21(23,24)20(25)16-26(17-10-4-1-5-11-17,18-12-6-2-7-13-18)19-14-8-3-9-15-19/h1-16H/b20-16-. The lowest BCUT2D eigenvalue weighted by molar-refractivity contribution is -0.359. The summed E-state index contributed by atoms with van der Waals surface area (Å²) >= 11 is 0. The van der Waals surface area contributed by atoms with Crippen LogP contribution in [0, 0.1) is 0 Å². The fraction of sp³-hybridized carbons (Fsp3) is 0.0476. The molecule has 0 aliphatic heterocycles. The summed E-state index contributed by atoms with van der Waals surface area (Å²) in [4.78, 5) is 0. The van der Waals surface area contributed by atoms with Crippen LogP contribution in [0.2, 0.25) is 0 Å². The summed E-state index contributed by atoms with van der Waals surface area (Å²) in [6.45, 7) is 0. The van der Waals surface area contributed by atoms with Gasteiger partial charge in [-0.2, -0.15) is 13.2 Å². The van der Waals surface area contributed by atoms with Gasteiger partial charge in [0.05, 0.1) is 5.82 Å². The van der Waals surface area contributed by atoms with Crippen LogP contribution in [-0.2, 0) is 0 Å². The molecule has 1 nitrogen and oxygen atoms in total. The number of hydrogen-bond donors (Lipinski definition) is 0. The lowest BCUT2D eigenvalue weighted by atomic mass is 10.4. The molecule has 0 aromatic heterocycles. The van der Waals surface area contributed by atoms with Gasteiger partial charge in [0, 0.05) is 5.76 Å². The molecule has 0 heterocycles. The van der Waals surface area contributed by atoms with Crippen molar-refractivity contribution in [3.8, 4) is 0 Å². The van der Waals surface area contributed by atoms with Gasteiger partial charge < -0.3 is 5.11 Å². The average molecular weight is 372 g/mol. The van der Waals surface area contributed by atoms with E-state index in [1.807, 2.05) is 0 Å². The molecule has 0 atom stereocenters. The Balaban J connectivity index is 2.40. The van der Waals surface area contributed by atoms with E-state index in [1.165, 1.54) is 0 Å². The smallest absolute Gasteiger partial charge is 0.405 e. The molecule has 0 radical (unpaired) electrons. The molecule has 0 fully saturated rings. The monoisotopic (exact) mass is 372 g/mol. The molecule has 5 heteroatoms. The molecule has 0 spiro atoms. The highest BCUT2D eigenvalue weighted by Gasteiger charge is 2.45. The molecule has 0 unspecified atom stereocenters. The van der Waals surface area contributed by atoms with E-state index < -0.39 is 19.2 Å². The third-order valence-electron chi connectivity index (χ3n) is 4.08. The number of benzene rings is 3. The fourth-order valence-corrected chi connectivity index (χ4v) is 6.68. The Kier molecular flexibility index (Phi) is 5.15. The van der Waals surface area contributed by atoms with Gasteiger partial charge in [0.1, 0.15) is 23.2 Å². The van der Waals surface area contributed by atoms with E-state index in [0.29, 0.717) is 15.9 Å². The number of hydrogen-bond acceptors (Lipinski definition) is 1. The van der Waals surface area contributed by atoms with E-state index in [4.69, 9.17) is 0 Å². The number of alkyl halides is 3. The molecular formula is C21H16F3OP. The Morgan fingerprint density at radius 1 is 0.654 bits per heavy atom. The molecule has 0 N–H and O–H groups in total. The predicted octanol–water partition coefficient (Wildman–Crippen LogP) is 3.74. The maximum absolute atomic E-state index is 13.2. The van der Waals surface area contributed by atoms with Crippen LogP contribution in [0.3, 0.4) is 0 Å². The minimum atomic E-state index is -4.91. The maximum atomic E-state index is 13.2. The molecule has 0 aliphatic carbocycles. The van der Waals surface area contributed by atoms with Crippen molar-refractivity contribution in [1.29, 1.82) is 0 Å². The second kappa shape index (κ2) is 7.35. The first kappa shape index (κ1) is 18.2. The van der Waals surface area contributed by atoms with Crippen LogP contribution in [0.1, 0.15) is 0 Å². The summed E-state index contributed by atoms with van der Waals surface area (Å²) < 4.78 is 39.5. The van der Waals surface area contributed by atoms with Crippen LogP contribution in [0.25, 0.3) is 0 Å². The highest BCUT2D eigenvalue weighted by atomic mass is 31.2. The largest absolute Gasteiger partial charge is 0.867 e. The average Bonchev–Trinajstić information content (AvgIpc) is 2.67.